The molecule has 0 rings (SSSR count). The summed E-state index contributed by atoms with van der Waals surface area (Å²) in [7, 11) is 0. The maximum atomic E-state index is 12.0. The van der Waals surface area contributed by atoms with Gasteiger partial charge >= 0.3 is 5.97 Å². The molecule has 8 nitrogen and oxygen atoms in total. The van der Waals surface area contributed by atoms with E-state index in [0.29, 0.717) is 45.5 Å². The van der Waals surface area contributed by atoms with Crippen molar-refractivity contribution in [2.75, 3.05) is 26.4 Å². The van der Waals surface area contributed by atoms with Crippen molar-refractivity contribution in [2.24, 2.45) is 0 Å². The number of ether oxygens (including phenoxy) is 2. The Balaban J connectivity index is 3.82. The molecule has 1 atom stereocenters. The van der Waals surface area contributed by atoms with Crippen LogP contribution < -0.4 is 10.6 Å². The third-order valence-electron chi connectivity index (χ3n) is 4.08. The second kappa shape index (κ2) is 15.4. The van der Waals surface area contributed by atoms with E-state index in [0.717, 1.165) is 32.3 Å². The molecular formula is C19H36N2O6. The summed E-state index contributed by atoms with van der Waals surface area (Å²) in [6.45, 7) is 8.11. The van der Waals surface area contributed by atoms with Crippen LogP contribution in [0.25, 0.3) is 0 Å². The van der Waals surface area contributed by atoms with Gasteiger partial charge in [0.25, 0.3) is 0 Å². The number of amides is 2. The first-order chi connectivity index (χ1) is 12.8. The van der Waals surface area contributed by atoms with Gasteiger partial charge in [-0.3, -0.25) is 9.59 Å². The molecule has 3 N–H and O–H groups in total. The van der Waals surface area contributed by atoms with Crippen LogP contribution in [0.5, 0.6) is 0 Å². The second-order valence-corrected chi connectivity index (χ2v) is 7.18. The number of carboxylic acid groups (broad SMARTS) is 1. The van der Waals surface area contributed by atoms with Gasteiger partial charge in [0.05, 0.1) is 19.8 Å². The van der Waals surface area contributed by atoms with Gasteiger partial charge in [0.2, 0.25) is 12.3 Å². The van der Waals surface area contributed by atoms with Gasteiger partial charge in [-0.05, 0) is 33.1 Å². The minimum Gasteiger partial charge on any atom is -0.480 e. The van der Waals surface area contributed by atoms with Crippen LogP contribution in [0.2, 0.25) is 0 Å². The highest BCUT2D eigenvalue weighted by atomic mass is 16.5. The number of carboxylic acids is 1. The van der Waals surface area contributed by atoms with Gasteiger partial charge in [0.15, 0.2) is 0 Å². The first-order valence-electron chi connectivity index (χ1n) is 9.71. The number of rotatable bonds is 18. The van der Waals surface area contributed by atoms with Crippen molar-refractivity contribution in [3.8, 4) is 0 Å². The highest BCUT2D eigenvalue weighted by Crippen LogP contribution is 2.15. The SMILES string of the molecule is CCCCOCCOCCC(=O)NC(C)(C)CCCCC(NC=O)C(=O)O. The van der Waals surface area contributed by atoms with Crippen LogP contribution in [0.15, 0.2) is 0 Å². The van der Waals surface area contributed by atoms with Gasteiger partial charge in [-0.2, -0.15) is 0 Å². The quantitative estimate of drug-likeness (QED) is 0.244. The van der Waals surface area contributed by atoms with Crippen LogP contribution in [0.1, 0.15) is 65.7 Å². The average Bonchev–Trinajstić information content (AvgIpc) is 2.59. The molecule has 0 heterocycles. The molecule has 0 radical (unpaired) electrons. The second-order valence-electron chi connectivity index (χ2n) is 7.18. The fraction of sp³-hybridized carbons (Fsp3) is 0.842. The molecule has 0 aliphatic heterocycles. The fourth-order valence-corrected chi connectivity index (χ4v) is 2.51. The molecule has 0 saturated heterocycles. The zero-order chi connectivity index (χ0) is 20.5. The van der Waals surface area contributed by atoms with Gasteiger partial charge in [-0.15, -0.1) is 0 Å². The summed E-state index contributed by atoms with van der Waals surface area (Å²) in [6.07, 6.45) is 5.34. The van der Waals surface area contributed by atoms with Crippen molar-refractivity contribution in [2.45, 2.75) is 77.3 Å². The Morgan fingerprint density at radius 2 is 1.74 bits per heavy atom. The molecule has 0 aromatic carbocycles. The lowest BCUT2D eigenvalue weighted by Crippen LogP contribution is -2.43. The number of aliphatic carboxylic acids is 1. The molecule has 0 bridgehead atoms. The van der Waals surface area contributed by atoms with E-state index in [1.807, 2.05) is 13.8 Å². The largest absolute Gasteiger partial charge is 0.480 e. The standard InChI is InChI=1S/C19H36N2O6/c1-4-5-11-26-13-14-27-12-9-17(23)21-19(2,3)10-7-6-8-16(18(24)25)20-15-22/h15-16H,4-14H2,1-3H3,(H,20,22)(H,21,23)(H,24,25). The number of hydrogen-bond donors (Lipinski definition) is 3. The Labute approximate surface area is 162 Å². The van der Waals surface area contributed by atoms with Gasteiger partial charge in [0, 0.05) is 18.6 Å². The van der Waals surface area contributed by atoms with E-state index in [9.17, 15) is 14.4 Å². The molecule has 0 aliphatic carbocycles. The molecule has 0 aromatic rings. The Bertz CT molecular complexity index is 428. The zero-order valence-corrected chi connectivity index (χ0v) is 16.9. The van der Waals surface area contributed by atoms with Crippen molar-refractivity contribution in [1.82, 2.24) is 10.6 Å². The number of unbranched alkanes of at least 4 members (excludes halogenated alkanes) is 2. The van der Waals surface area contributed by atoms with E-state index in [2.05, 4.69) is 17.6 Å². The van der Waals surface area contributed by atoms with Crippen LogP contribution in [0.4, 0.5) is 0 Å². The summed E-state index contributed by atoms with van der Waals surface area (Å²) in [5.74, 6) is -1.11. The Kier molecular flexibility index (Phi) is 14.4. The molecule has 0 fully saturated rings. The minimum atomic E-state index is -1.04. The van der Waals surface area contributed by atoms with E-state index in [1.165, 1.54) is 0 Å². The van der Waals surface area contributed by atoms with Crippen LogP contribution in [0, 0.1) is 0 Å². The number of nitrogens with one attached hydrogen (secondary N) is 2. The van der Waals surface area contributed by atoms with Crippen LogP contribution in [-0.2, 0) is 23.9 Å². The van der Waals surface area contributed by atoms with Gasteiger partial charge in [-0.25, -0.2) is 4.79 Å². The van der Waals surface area contributed by atoms with E-state index < -0.39 is 12.0 Å². The summed E-state index contributed by atoms with van der Waals surface area (Å²) in [6, 6.07) is -0.858. The van der Waals surface area contributed by atoms with E-state index in [-0.39, 0.29) is 11.4 Å². The summed E-state index contributed by atoms with van der Waals surface area (Å²) in [4.78, 5) is 33.3. The molecule has 0 aromatic heterocycles. The van der Waals surface area contributed by atoms with Crippen molar-refractivity contribution in [3.05, 3.63) is 0 Å². The maximum absolute atomic E-state index is 12.0. The summed E-state index contributed by atoms with van der Waals surface area (Å²) in [5, 5.41) is 14.2. The predicted molar refractivity (Wildman–Crippen MR) is 102 cm³/mol. The van der Waals surface area contributed by atoms with Gasteiger partial charge in [0.1, 0.15) is 6.04 Å². The first-order valence-corrected chi connectivity index (χ1v) is 9.71. The molecule has 27 heavy (non-hydrogen) atoms. The minimum absolute atomic E-state index is 0.0714. The predicted octanol–water partition coefficient (Wildman–Crippen LogP) is 1.86. The van der Waals surface area contributed by atoms with E-state index >= 15 is 0 Å². The number of carbonyl (C=O) groups excluding carboxylic acids is 2. The van der Waals surface area contributed by atoms with E-state index in [4.69, 9.17) is 14.6 Å². The highest BCUT2D eigenvalue weighted by molar-refractivity contribution is 5.77. The summed E-state index contributed by atoms with van der Waals surface area (Å²) in [5.41, 5.74) is -0.378. The van der Waals surface area contributed by atoms with Crippen molar-refractivity contribution < 1.29 is 29.0 Å². The summed E-state index contributed by atoms with van der Waals surface area (Å²) < 4.78 is 10.8. The highest BCUT2D eigenvalue weighted by Gasteiger charge is 2.21. The third-order valence-corrected chi connectivity index (χ3v) is 4.08. The third kappa shape index (κ3) is 15.1. The van der Waals surface area contributed by atoms with Crippen LogP contribution >= 0.6 is 0 Å². The normalized spacial score (nSPS) is 12.4. The number of carbonyl (C=O) groups is 3. The topological polar surface area (TPSA) is 114 Å². The molecule has 0 spiro atoms. The van der Waals surface area contributed by atoms with Gasteiger partial charge < -0.3 is 25.2 Å². The van der Waals surface area contributed by atoms with Crippen molar-refractivity contribution in [3.63, 3.8) is 0 Å². The van der Waals surface area contributed by atoms with Crippen molar-refractivity contribution in [1.29, 1.82) is 0 Å². The van der Waals surface area contributed by atoms with Crippen LogP contribution in [-0.4, -0.2) is 61.4 Å². The summed E-state index contributed by atoms with van der Waals surface area (Å²) >= 11 is 0. The molecule has 2 amide bonds. The molecular weight excluding hydrogens is 352 g/mol. The lowest BCUT2D eigenvalue weighted by atomic mass is 9.95. The molecule has 0 aliphatic rings. The molecule has 1 unspecified atom stereocenters. The maximum Gasteiger partial charge on any atom is 0.326 e. The zero-order valence-electron chi connectivity index (χ0n) is 16.9. The van der Waals surface area contributed by atoms with E-state index in [1.54, 1.807) is 0 Å². The number of hydrogen-bond acceptors (Lipinski definition) is 5. The fourth-order valence-electron chi connectivity index (χ4n) is 2.51. The average molecular weight is 389 g/mol. The lowest BCUT2D eigenvalue weighted by Gasteiger charge is -2.26. The van der Waals surface area contributed by atoms with Gasteiger partial charge in [-0.1, -0.05) is 26.2 Å². The van der Waals surface area contributed by atoms with Crippen molar-refractivity contribution >= 4 is 18.3 Å². The Morgan fingerprint density at radius 3 is 2.33 bits per heavy atom. The lowest BCUT2D eigenvalue weighted by molar-refractivity contribution is -0.140. The monoisotopic (exact) mass is 388 g/mol. The molecule has 0 saturated carbocycles. The first kappa shape index (κ1) is 25.3. The molecule has 158 valence electrons. The molecule has 8 heteroatoms. The Hall–Kier alpha value is -1.67. The Morgan fingerprint density at radius 1 is 1.07 bits per heavy atom. The van der Waals surface area contributed by atoms with Crippen LogP contribution in [0.3, 0.4) is 0 Å². The smallest absolute Gasteiger partial charge is 0.326 e.